The highest BCUT2D eigenvalue weighted by molar-refractivity contribution is 9.09. The Morgan fingerprint density at radius 2 is 1.96 bits per heavy atom. The molecule has 1 aromatic carbocycles. The number of aryl methyl sites for hydroxylation is 1. The van der Waals surface area contributed by atoms with E-state index >= 15 is 0 Å². The summed E-state index contributed by atoms with van der Waals surface area (Å²) < 4.78 is 17.3. The van der Waals surface area contributed by atoms with Crippen LogP contribution < -0.4 is 9.47 Å². The van der Waals surface area contributed by atoms with Crippen LogP contribution >= 0.6 is 27.3 Å². The summed E-state index contributed by atoms with van der Waals surface area (Å²) in [6, 6.07) is 6.23. The standard InChI is InChI=1S/C19H25BrO4S/c1-19(2,18(21)23-4)7-6-14-10-13-11-16(24-9-5-8-20)15(22-3)12-17(13)25-14/h10-12H,5-9H2,1-4H3. The maximum Gasteiger partial charge on any atom is 0.311 e. The lowest BCUT2D eigenvalue weighted by Crippen LogP contribution is -2.26. The third-order valence-electron chi connectivity index (χ3n) is 4.12. The van der Waals surface area contributed by atoms with Gasteiger partial charge in [0.1, 0.15) is 0 Å². The van der Waals surface area contributed by atoms with E-state index in [0.29, 0.717) is 6.61 Å². The fraction of sp³-hybridized carbons (Fsp3) is 0.526. The summed E-state index contributed by atoms with van der Waals surface area (Å²) in [5, 5.41) is 2.06. The lowest BCUT2D eigenvalue weighted by molar-refractivity contribution is -0.151. The van der Waals surface area contributed by atoms with E-state index in [1.54, 1.807) is 18.4 Å². The number of esters is 1. The molecule has 25 heavy (non-hydrogen) atoms. The number of carbonyl (C=O) groups excluding carboxylic acids is 1. The Bertz CT molecular complexity index is 724. The smallest absolute Gasteiger partial charge is 0.311 e. The van der Waals surface area contributed by atoms with Crippen molar-refractivity contribution in [2.75, 3.05) is 26.2 Å². The van der Waals surface area contributed by atoms with Crippen LogP contribution in [0.15, 0.2) is 18.2 Å². The van der Waals surface area contributed by atoms with Gasteiger partial charge in [0.15, 0.2) is 11.5 Å². The van der Waals surface area contributed by atoms with Gasteiger partial charge in [-0.3, -0.25) is 4.79 Å². The van der Waals surface area contributed by atoms with Crippen LogP contribution in [-0.4, -0.2) is 32.1 Å². The number of fused-ring (bicyclic) bond motifs is 1. The normalized spacial score (nSPS) is 11.6. The fourth-order valence-corrected chi connectivity index (χ4v) is 3.85. The number of ether oxygens (including phenoxy) is 3. The van der Waals surface area contributed by atoms with E-state index in [1.165, 1.54) is 12.0 Å². The molecule has 138 valence electrons. The first-order valence-corrected chi connectivity index (χ1v) is 10.2. The number of rotatable bonds is 9. The van der Waals surface area contributed by atoms with Gasteiger partial charge in [0.05, 0.1) is 26.2 Å². The van der Waals surface area contributed by atoms with Crippen molar-refractivity contribution in [1.29, 1.82) is 0 Å². The molecule has 0 saturated carbocycles. The Balaban J connectivity index is 2.17. The molecule has 6 heteroatoms. The number of methoxy groups -OCH3 is 2. The Hall–Kier alpha value is -1.27. The predicted molar refractivity (Wildman–Crippen MR) is 106 cm³/mol. The van der Waals surface area contributed by atoms with Gasteiger partial charge in [-0.15, -0.1) is 11.3 Å². The van der Waals surface area contributed by atoms with E-state index in [2.05, 4.69) is 22.0 Å². The van der Waals surface area contributed by atoms with Crippen molar-refractivity contribution in [2.24, 2.45) is 5.41 Å². The zero-order valence-electron chi connectivity index (χ0n) is 15.2. The van der Waals surface area contributed by atoms with Crippen LogP contribution in [-0.2, 0) is 16.0 Å². The molecule has 0 aliphatic heterocycles. The maximum absolute atomic E-state index is 11.8. The molecular weight excluding hydrogens is 404 g/mol. The molecule has 0 aliphatic carbocycles. The van der Waals surface area contributed by atoms with Crippen LogP contribution in [0.5, 0.6) is 11.5 Å². The molecule has 1 aromatic heterocycles. The van der Waals surface area contributed by atoms with Gasteiger partial charge in [-0.05, 0) is 50.6 Å². The van der Waals surface area contributed by atoms with Crippen molar-refractivity contribution in [3.63, 3.8) is 0 Å². The highest BCUT2D eigenvalue weighted by Gasteiger charge is 2.28. The van der Waals surface area contributed by atoms with Crippen LogP contribution in [0.4, 0.5) is 0 Å². The van der Waals surface area contributed by atoms with E-state index in [-0.39, 0.29) is 5.97 Å². The Labute approximate surface area is 161 Å². The number of alkyl halides is 1. The van der Waals surface area contributed by atoms with Gasteiger partial charge >= 0.3 is 5.97 Å². The van der Waals surface area contributed by atoms with Gasteiger partial charge in [0.25, 0.3) is 0 Å². The summed E-state index contributed by atoms with van der Waals surface area (Å²) in [7, 11) is 3.10. The quantitative estimate of drug-likeness (QED) is 0.312. The van der Waals surface area contributed by atoms with Gasteiger partial charge in [-0.1, -0.05) is 15.9 Å². The fourth-order valence-electron chi connectivity index (χ4n) is 2.55. The van der Waals surface area contributed by atoms with E-state index < -0.39 is 5.41 Å². The zero-order chi connectivity index (χ0) is 18.4. The Morgan fingerprint density at radius 3 is 2.60 bits per heavy atom. The van der Waals surface area contributed by atoms with E-state index in [9.17, 15) is 4.79 Å². The molecule has 0 N–H and O–H groups in total. The molecule has 4 nitrogen and oxygen atoms in total. The molecule has 1 heterocycles. The molecule has 0 amide bonds. The molecular formula is C19H25BrO4S. The first-order valence-electron chi connectivity index (χ1n) is 8.29. The topological polar surface area (TPSA) is 44.8 Å². The lowest BCUT2D eigenvalue weighted by Gasteiger charge is -2.20. The average Bonchev–Trinajstić information content (AvgIpc) is 3.00. The summed E-state index contributed by atoms with van der Waals surface area (Å²) in [6.07, 6.45) is 2.53. The number of carbonyl (C=O) groups is 1. The van der Waals surface area contributed by atoms with Crippen molar-refractivity contribution >= 4 is 43.3 Å². The van der Waals surface area contributed by atoms with Crippen molar-refractivity contribution in [2.45, 2.75) is 33.1 Å². The molecule has 0 unspecified atom stereocenters. The van der Waals surface area contributed by atoms with Gasteiger partial charge < -0.3 is 14.2 Å². The number of thiophene rings is 1. The second-order valence-electron chi connectivity index (χ2n) is 6.52. The summed E-state index contributed by atoms with van der Waals surface area (Å²) >= 11 is 5.14. The second-order valence-corrected chi connectivity index (χ2v) is 8.48. The van der Waals surface area contributed by atoms with Gasteiger partial charge in [0.2, 0.25) is 0 Å². The van der Waals surface area contributed by atoms with Crippen molar-refractivity contribution < 1.29 is 19.0 Å². The molecule has 0 fully saturated rings. The van der Waals surface area contributed by atoms with Crippen LogP contribution in [0.3, 0.4) is 0 Å². The molecule has 2 rings (SSSR count). The second kappa shape index (κ2) is 8.90. The molecule has 0 bridgehead atoms. The largest absolute Gasteiger partial charge is 0.493 e. The minimum atomic E-state index is -0.480. The lowest BCUT2D eigenvalue weighted by atomic mass is 9.87. The number of hydrogen-bond acceptors (Lipinski definition) is 5. The minimum absolute atomic E-state index is 0.169. The van der Waals surface area contributed by atoms with Gasteiger partial charge in [-0.2, -0.15) is 0 Å². The molecule has 2 aromatic rings. The van der Waals surface area contributed by atoms with Crippen molar-refractivity contribution in [1.82, 2.24) is 0 Å². The Morgan fingerprint density at radius 1 is 1.20 bits per heavy atom. The third kappa shape index (κ3) is 5.11. The maximum atomic E-state index is 11.8. The molecule has 0 spiro atoms. The average molecular weight is 429 g/mol. The summed E-state index contributed by atoms with van der Waals surface area (Å²) in [4.78, 5) is 13.1. The number of benzene rings is 1. The van der Waals surface area contributed by atoms with Gasteiger partial charge in [0, 0.05) is 21.0 Å². The number of halogens is 1. The van der Waals surface area contributed by atoms with Crippen molar-refractivity contribution in [3.05, 3.63) is 23.1 Å². The predicted octanol–water partition coefficient (Wildman–Crippen LogP) is 5.21. The summed E-state index contributed by atoms with van der Waals surface area (Å²) in [6.45, 7) is 4.49. The van der Waals surface area contributed by atoms with E-state index in [0.717, 1.165) is 46.2 Å². The van der Waals surface area contributed by atoms with Crippen LogP contribution in [0.1, 0.15) is 31.6 Å². The minimum Gasteiger partial charge on any atom is -0.493 e. The molecule has 0 saturated heterocycles. The molecule has 0 atom stereocenters. The van der Waals surface area contributed by atoms with Crippen molar-refractivity contribution in [3.8, 4) is 11.5 Å². The number of hydrogen-bond donors (Lipinski definition) is 0. The third-order valence-corrected chi connectivity index (χ3v) is 5.84. The molecule has 0 aliphatic rings. The highest BCUT2D eigenvalue weighted by Crippen LogP contribution is 2.37. The van der Waals surface area contributed by atoms with Crippen LogP contribution in [0.25, 0.3) is 10.1 Å². The Kier molecular flexibility index (Phi) is 7.14. The summed E-state index contributed by atoms with van der Waals surface area (Å²) in [5.74, 6) is 1.36. The SMILES string of the molecule is COC(=O)C(C)(C)CCc1cc2cc(OCCCBr)c(OC)cc2s1. The van der Waals surface area contributed by atoms with E-state index in [4.69, 9.17) is 14.2 Å². The highest BCUT2D eigenvalue weighted by atomic mass is 79.9. The zero-order valence-corrected chi connectivity index (χ0v) is 17.6. The van der Waals surface area contributed by atoms with Gasteiger partial charge in [-0.25, -0.2) is 0 Å². The monoisotopic (exact) mass is 428 g/mol. The first-order chi connectivity index (χ1) is 11.9. The van der Waals surface area contributed by atoms with Crippen LogP contribution in [0, 0.1) is 5.41 Å². The molecule has 0 radical (unpaired) electrons. The first kappa shape index (κ1) is 20.0. The van der Waals surface area contributed by atoms with Crippen LogP contribution in [0.2, 0.25) is 0 Å². The van der Waals surface area contributed by atoms with E-state index in [1.807, 2.05) is 26.0 Å². The summed E-state index contributed by atoms with van der Waals surface area (Å²) in [5.41, 5.74) is -0.480.